The van der Waals surface area contributed by atoms with Crippen LogP contribution in [0.25, 0.3) is 0 Å². The first-order valence-corrected chi connectivity index (χ1v) is 13.3. The molecule has 1 aromatic heterocycles. The van der Waals surface area contributed by atoms with Gasteiger partial charge in [-0.05, 0) is 0 Å². The Bertz CT molecular complexity index is 1310. The Hall–Kier alpha value is -3.02. The number of rotatable bonds is 3. The van der Waals surface area contributed by atoms with Gasteiger partial charge in [0.05, 0.1) is 0 Å². The minimum absolute atomic E-state index is 0.102. The first kappa shape index (κ1) is 23.7. The van der Waals surface area contributed by atoms with Crippen molar-refractivity contribution >= 4 is 5.91 Å². The van der Waals surface area contributed by atoms with Crippen molar-refractivity contribution in [3.63, 3.8) is 0 Å². The van der Waals surface area contributed by atoms with E-state index in [9.17, 15) is 27.9 Å². The molecular formula is C25H22F3IN3O3-. The fourth-order valence-electron chi connectivity index (χ4n) is 4.63. The van der Waals surface area contributed by atoms with Crippen molar-refractivity contribution in [2.75, 3.05) is 11.7 Å². The summed E-state index contributed by atoms with van der Waals surface area (Å²) in [6.07, 6.45) is -1.45. The molecule has 0 unspecified atom stereocenters. The van der Waals surface area contributed by atoms with Gasteiger partial charge in [-0.15, -0.1) is 0 Å². The Balaban J connectivity index is 1.71. The molecule has 0 spiro atoms. The van der Waals surface area contributed by atoms with Gasteiger partial charge in [-0.2, -0.15) is 0 Å². The van der Waals surface area contributed by atoms with E-state index in [2.05, 4.69) is 0 Å². The zero-order chi connectivity index (χ0) is 24.9. The van der Waals surface area contributed by atoms with E-state index in [4.69, 9.17) is 0 Å². The van der Waals surface area contributed by atoms with Crippen LogP contribution >= 0.6 is 0 Å². The maximum atomic E-state index is 13.4. The van der Waals surface area contributed by atoms with Crippen molar-refractivity contribution in [1.29, 1.82) is 0 Å². The third kappa shape index (κ3) is 4.17. The molecule has 184 valence electrons. The molecule has 2 aliphatic rings. The van der Waals surface area contributed by atoms with Gasteiger partial charge in [0, 0.05) is 0 Å². The van der Waals surface area contributed by atoms with Crippen molar-refractivity contribution in [2.45, 2.75) is 35.9 Å². The number of alkyl halides is 4. The molecule has 1 aliphatic carbocycles. The van der Waals surface area contributed by atoms with Crippen LogP contribution < -0.4 is 31.9 Å². The fraction of sp³-hybridized carbons (Fsp3) is 0.280. The van der Waals surface area contributed by atoms with Crippen LogP contribution in [-0.4, -0.2) is 35.6 Å². The number of halogens is 4. The molecule has 0 radical (unpaired) electrons. The van der Waals surface area contributed by atoms with Crippen LogP contribution in [0, 0.1) is 0 Å². The molecule has 0 saturated heterocycles. The van der Waals surface area contributed by atoms with E-state index < -0.39 is 54.7 Å². The van der Waals surface area contributed by atoms with Gasteiger partial charge in [0.25, 0.3) is 0 Å². The summed E-state index contributed by atoms with van der Waals surface area (Å²) in [4.78, 5) is 25.5. The summed E-state index contributed by atoms with van der Waals surface area (Å²) in [6, 6.07) is 16.5. The topological polar surface area (TPSA) is 65.8 Å². The van der Waals surface area contributed by atoms with Crippen LogP contribution in [0.1, 0.15) is 45.7 Å². The molecule has 2 heterocycles. The molecule has 35 heavy (non-hydrogen) atoms. The van der Waals surface area contributed by atoms with Gasteiger partial charge >= 0.3 is 211 Å². The van der Waals surface area contributed by atoms with E-state index >= 15 is 0 Å². The zero-order valence-electron chi connectivity index (χ0n) is 18.7. The van der Waals surface area contributed by atoms with E-state index in [1.165, 1.54) is 14.0 Å². The number of fused-ring (bicyclic) bond motifs is 3. The summed E-state index contributed by atoms with van der Waals surface area (Å²) in [5.41, 5.74) is 3.08. The number of benzene rings is 2. The molecule has 2 aromatic carbocycles. The number of carbonyl (C=O) groups excluding carboxylic acids is 1. The van der Waals surface area contributed by atoms with Crippen molar-refractivity contribution in [3.05, 3.63) is 99.0 Å². The third-order valence-corrected chi connectivity index (χ3v) is 9.36. The summed E-state index contributed by atoms with van der Waals surface area (Å²) in [7, 11) is 0. The van der Waals surface area contributed by atoms with Crippen LogP contribution in [-0.2, 0) is 12.8 Å². The minimum atomic E-state index is -4.45. The number of aromatic nitrogens is 1. The van der Waals surface area contributed by atoms with Gasteiger partial charge < -0.3 is 0 Å². The Kier molecular flexibility index (Phi) is 6.02. The normalized spacial score (nSPS) is 17.0. The summed E-state index contributed by atoms with van der Waals surface area (Å²) in [5, 5.41) is 12.3. The SMILES string of the molecule is C[C@@H]([I-]N1CN(C2c3ccccc3CCc3ccccc32)n2ccc(=O)c(O)c2C1=O)C(F)(F)F. The molecule has 3 aromatic rings. The number of nitrogens with zero attached hydrogens (tertiary/aromatic N) is 3. The number of pyridine rings is 1. The second-order valence-corrected chi connectivity index (χ2v) is 12.1. The van der Waals surface area contributed by atoms with E-state index in [1.54, 1.807) is 5.01 Å². The molecule has 1 N–H and O–H groups in total. The molecular weight excluding hydrogens is 574 g/mol. The molecule has 10 heteroatoms. The van der Waals surface area contributed by atoms with Gasteiger partial charge in [0.2, 0.25) is 0 Å². The van der Waals surface area contributed by atoms with Gasteiger partial charge in [0.15, 0.2) is 0 Å². The van der Waals surface area contributed by atoms with Crippen molar-refractivity contribution < 1.29 is 44.6 Å². The van der Waals surface area contributed by atoms with Crippen molar-refractivity contribution in [2.24, 2.45) is 0 Å². The van der Waals surface area contributed by atoms with Crippen LogP contribution in [0.5, 0.6) is 5.75 Å². The quantitative estimate of drug-likeness (QED) is 0.276. The number of hydrogen-bond acceptors (Lipinski definition) is 4. The fourth-order valence-corrected chi connectivity index (χ4v) is 6.93. The van der Waals surface area contributed by atoms with Gasteiger partial charge in [-0.3, -0.25) is 0 Å². The summed E-state index contributed by atoms with van der Waals surface area (Å²) in [5.74, 6) is -1.53. The standard InChI is InChI=1S/C25H22F3IN3O3/c1-15(25(26,27)28)29-30-14-32(31-13-12-20(33)23(34)22(31)24(30)35)21-18-8-4-2-6-16(18)10-11-17-7-3-5-9-19(17)21/h2-9,12-13,15,21,34H,10-11,14H2,1H3/q-1/t15-/m1/s1. The van der Waals surface area contributed by atoms with E-state index in [-0.39, 0.29) is 12.4 Å². The number of amides is 1. The number of aromatic hydroxyl groups is 1. The van der Waals surface area contributed by atoms with E-state index in [0.717, 1.165) is 48.1 Å². The Morgan fingerprint density at radius 3 is 2.11 bits per heavy atom. The number of aryl methyl sites for hydroxylation is 2. The summed E-state index contributed by atoms with van der Waals surface area (Å²) < 4.78 is 41.2. The molecule has 6 nitrogen and oxygen atoms in total. The molecule has 5 rings (SSSR count). The summed E-state index contributed by atoms with van der Waals surface area (Å²) >= 11 is -1.84. The van der Waals surface area contributed by atoms with Crippen molar-refractivity contribution in [3.8, 4) is 5.75 Å². The first-order valence-electron chi connectivity index (χ1n) is 11.1. The maximum absolute atomic E-state index is 13.4. The molecule has 1 amide bonds. The van der Waals surface area contributed by atoms with E-state index in [0.29, 0.717) is 0 Å². The Morgan fingerprint density at radius 2 is 1.54 bits per heavy atom. The second kappa shape index (κ2) is 8.89. The van der Waals surface area contributed by atoms with Gasteiger partial charge in [-0.1, -0.05) is 0 Å². The monoisotopic (exact) mass is 596 g/mol. The molecule has 1 atom stereocenters. The molecule has 0 bridgehead atoms. The number of hydrogen-bond donors (Lipinski definition) is 1. The Labute approximate surface area is 210 Å². The van der Waals surface area contributed by atoms with Crippen LogP contribution in [0.15, 0.2) is 65.6 Å². The average molecular weight is 596 g/mol. The van der Waals surface area contributed by atoms with Crippen molar-refractivity contribution in [1.82, 2.24) is 7.79 Å². The molecule has 0 saturated carbocycles. The zero-order valence-corrected chi connectivity index (χ0v) is 20.8. The van der Waals surface area contributed by atoms with Crippen LogP contribution in [0.4, 0.5) is 13.2 Å². The Morgan fingerprint density at radius 1 is 0.971 bits per heavy atom. The van der Waals surface area contributed by atoms with Crippen LogP contribution in [0.3, 0.4) is 0 Å². The third-order valence-electron chi connectivity index (χ3n) is 6.40. The summed E-state index contributed by atoms with van der Waals surface area (Å²) in [6.45, 7) is 0.961. The molecule has 0 fully saturated rings. The van der Waals surface area contributed by atoms with E-state index in [1.807, 2.05) is 48.5 Å². The van der Waals surface area contributed by atoms with Crippen LogP contribution in [0.2, 0.25) is 0 Å². The van der Waals surface area contributed by atoms with Gasteiger partial charge in [0.1, 0.15) is 0 Å². The molecule has 1 aliphatic heterocycles. The first-order chi connectivity index (χ1) is 16.7. The predicted molar refractivity (Wildman–Crippen MR) is 119 cm³/mol. The average Bonchev–Trinajstić information content (AvgIpc) is 2.99. The predicted octanol–water partition coefficient (Wildman–Crippen LogP) is 0.748. The number of carbonyl (C=O) groups is 1. The second-order valence-electron chi connectivity index (χ2n) is 8.53. The van der Waals surface area contributed by atoms with Gasteiger partial charge in [-0.25, -0.2) is 0 Å².